The SMILES string of the molecule is CO[C@@H]1C[C@@H]2CC[C@@H](C)[C@@](O)(O2)C(=O)C(=O)N2CCCC[C@H]2C(=O)OC([C@H](C)CC2CC[C@@H](O)[C@H](CO)C2)CC(=O)[C@H](C)/C=C(\C)[C@@H](O)[C@@H](CO)C(=O)[C@@H](C)C[C@H](C)/C=C/C=C/C=C/1C. The fourth-order valence-corrected chi connectivity index (χ4v) is 10.3. The molecule has 2 unspecified atom stereocenters. The summed E-state index contributed by atoms with van der Waals surface area (Å²) in [7, 11) is 1.57. The summed E-state index contributed by atoms with van der Waals surface area (Å²) in [6.45, 7) is 11.8. The van der Waals surface area contributed by atoms with Crippen molar-refractivity contribution in [2.24, 2.45) is 47.3 Å². The number of nitrogens with zero attached hydrogens (tertiary/aromatic N) is 1. The monoisotopic (exact) mass is 914 g/mol. The number of carbonyl (C=O) groups excluding carboxylic acids is 5. The number of methoxy groups -OCH3 is 1. The number of piperidine rings is 1. The highest BCUT2D eigenvalue weighted by atomic mass is 16.6. The minimum atomic E-state index is -2.44. The zero-order valence-corrected chi connectivity index (χ0v) is 40.1. The number of allylic oxidation sites excluding steroid dienone is 6. The van der Waals surface area contributed by atoms with Crippen molar-refractivity contribution in [3.05, 3.63) is 47.6 Å². The smallest absolute Gasteiger partial charge is 0.329 e. The van der Waals surface area contributed by atoms with Gasteiger partial charge in [0, 0.05) is 56.8 Å². The molecule has 3 heterocycles. The lowest BCUT2D eigenvalue weighted by Gasteiger charge is -2.42. The predicted molar refractivity (Wildman–Crippen MR) is 245 cm³/mol. The summed E-state index contributed by atoms with van der Waals surface area (Å²) < 4.78 is 18.2. The van der Waals surface area contributed by atoms with E-state index in [9.17, 15) is 49.5 Å². The molecule has 5 N–H and O–H groups in total. The average molecular weight is 914 g/mol. The third-order valence-corrected chi connectivity index (χ3v) is 14.7. The van der Waals surface area contributed by atoms with Gasteiger partial charge in [-0.1, -0.05) is 71.1 Å². The number of rotatable bonds is 6. The summed E-state index contributed by atoms with van der Waals surface area (Å²) in [5, 5.41) is 54.0. The van der Waals surface area contributed by atoms with Gasteiger partial charge in [-0.05, 0) is 107 Å². The minimum Gasteiger partial charge on any atom is -0.460 e. The third kappa shape index (κ3) is 14.3. The molecule has 0 aromatic heterocycles. The minimum absolute atomic E-state index is 0.0117. The van der Waals surface area contributed by atoms with E-state index in [1.54, 1.807) is 40.9 Å². The Bertz CT molecular complexity index is 1760. The Morgan fingerprint density at radius 1 is 0.877 bits per heavy atom. The lowest BCUT2D eigenvalue weighted by Crippen LogP contribution is -2.61. The Morgan fingerprint density at radius 3 is 2.28 bits per heavy atom. The van der Waals surface area contributed by atoms with E-state index in [-0.39, 0.29) is 61.2 Å². The second-order valence-corrected chi connectivity index (χ2v) is 19.9. The van der Waals surface area contributed by atoms with E-state index >= 15 is 0 Å². The lowest BCUT2D eigenvalue weighted by atomic mass is 9.75. The van der Waals surface area contributed by atoms with Crippen LogP contribution in [0, 0.1) is 47.3 Å². The summed E-state index contributed by atoms with van der Waals surface area (Å²) in [6.07, 6.45) is 12.1. The highest BCUT2D eigenvalue weighted by molar-refractivity contribution is 6.39. The molecule has 14 nitrogen and oxygen atoms in total. The Balaban J connectivity index is 1.70. The molecule has 14 heteroatoms. The fourth-order valence-electron chi connectivity index (χ4n) is 10.3. The van der Waals surface area contributed by atoms with Gasteiger partial charge < -0.3 is 44.6 Å². The molecule has 3 fully saturated rings. The number of ether oxygens (including phenoxy) is 3. The van der Waals surface area contributed by atoms with E-state index in [2.05, 4.69) is 0 Å². The van der Waals surface area contributed by atoms with Crippen molar-refractivity contribution in [3.63, 3.8) is 0 Å². The van der Waals surface area contributed by atoms with Crippen LogP contribution in [0.15, 0.2) is 47.6 Å². The normalized spacial score (nSPS) is 40.4. The van der Waals surface area contributed by atoms with E-state index in [1.807, 2.05) is 51.2 Å². The number of amides is 1. The van der Waals surface area contributed by atoms with Crippen LogP contribution in [0.1, 0.15) is 126 Å². The quantitative estimate of drug-likeness (QED) is 0.129. The van der Waals surface area contributed by atoms with Crippen LogP contribution in [0.5, 0.6) is 0 Å². The van der Waals surface area contributed by atoms with Gasteiger partial charge in [0.15, 0.2) is 0 Å². The first kappa shape index (κ1) is 54.2. The molecule has 0 spiro atoms. The molecule has 2 bridgehead atoms. The molecule has 4 aliphatic rings. The largest absolute Gasteiger partial charge is 0.460 e. The summed E-state index contributed by atoms with van der Waals surface area (Å²) >= 11 is 0. The number of ketones is 3. The van der Waals surface area contributed by atoms with Crippen molar-refractivity contribution >= 4 is 29.2 Å². The lowest BCUT2D eigenvalue weighted by molar-refractivity contribution is -0.265. The summed E-state index contributed by atoms with van der Waals surface area (Å²) in [4.78, 5) is 71.6. The molecule has 2 saturated heterocycles. The zero-order valence-electron chi connectivity index (χ0n) is 40.1. The van der Waals surface area contributed by atoms with Crippen LogP contribution < -0.4 is 0 Å². The molecule has 0 aromatic rings. The van der Waals surface area contributed by atoms with Crippen molar-refractivity contribution in [3.8, 4) is 0 Å². The van der Waals surface area contributed by atoms with Crippen LogP contribution in [-0.2, 0) is 38.2 Å². The number of carbonyl (C=O) groups is 5. The molecule has 1 saturated carbocycles. The highest BCUT2D eigenvalue weighted by Gasteiger charge is 2.53. The predicted octanol–water partition coefficient (Wildman–Crippen LogP) is 5.37. The molecule has 3 aliphatic heterocycles. The van der Waals surface area contributed by atoms with Crippen LogP contribution in [0.4, 0.5) is 0 Å². The highest BCUT2D eigenvalue weighted by Crippen LogP contribution is 2.38. The Hall–Kier alpha value is -3.37. The molecule has 1 amide bonds. The Morgan fingerprint density at radius 2 is 1.60 bits per heavy atom. The molecule has 15 atom stereocenters. The molecule has 0 radical (unpaired) electrons. The van der Waals surface area contributed by atoms with Crippen molar-refractivity contribution < 1.29 is 63.7 Å². The van der Waals surface area contributed by atoms with Crippen molar-refractivity contribution in [2.75, 3.05) is 26.9 Å². The first-order valence-electron chi connectivity index (χ1n) is 24.1. The number of aliphatic hydroxyl groups excluding tert-OH is 4. The van der Waals surface area contributed by atoms with Gasteiger partial charge in [0.2, 0.25) is 5.79 Å². The molecule has 4 rings (SSSR count). The van der Waals surface area contributed by atoms with Crippen LogP contribution in [0.2, 0.25) is 0 Å². The molecule has 1 aliphatic carbocycles. The summed E-state index contributed by atoms with van der Waals surface area (Å²) in [5.74, 6) is -9.71. The fraction of sp³-hybridized carbons (Fsp3) is 0.745. The number of esters is 1. The van der Waals surface area contributed by atoms with Gasteiger partial charge in [-0.15, -0.1) is 0 Å². The third-order valence-electron chi connectivity index (χ3n) is 14.7. The molecular formula is C51H79NO13. The van der Waals surface area contributed by atoms with Crippen LogP contribution in [0.3, 0.4) is 0 Å². The van der Waals surface area contributed by atoms with E-state index in [4.69, 9.17) is 14.2 Å². The average Bonchev–Trinajstić information content (AvgIpc) is 3.28. The van der Waals surface area contributed by atoms with Crippen LogP contribution >= 0.6 is 0 Å². The van der Waals surface area contributed by atoms with E-state index in [1.165, 1.54) is 4.90 Å². The summed E-state index contributed by atoms with van der Waals surface area (Å²) in [5.41, 5.74) is 1.21. The van der Waals surface area contributed by atoms with Gasteiger partial charge in [-0.2, -0.15) is 0 Å². The van der Waals surface area contributed by atoms with Crippen molar-refractivity contribution in [2.45, 2.75) is 168 Å². The van der Waals surface area contributed by atoms with Crippen LogP contribution in [-0.4, -0.2) is 129 Å². The second kappa shape index (κ2) is 25.1. The Kier molecular flexibility index (Phi) is 21.0. The maximum absolute atomic E-state index is 14.3. The van der Waals surface area contributed by atoms with Crippen molar-refractivity contribution in [1.29, 1.82) is 0 Å². The zero-order chi connectivity index (χ0) is 48.2. The maximum Gasteiger partial charge on any atom is 0.329 e. The second-order valence-electron chi connectivity index (χ2n) is 19.9. The molecule has 366 valence electrons. The van der Waals surface area contributed by atoms with Gasteiger partial charge in [0.1, 0.15) is 23.7 Å². The van der Waals surface area contributed by atoms with E-state index < -0.39 is 90.3 Å². The van der Waals surface area contributed by atoms with E-state index in [0.717, 1.165) is 5.57 Å². The number of Topliss-reactive ketones (excluding diaryl/α,β-unsaturated/α-hetero) is 3. The standard InChI is InChI=1S/C51H79NO13/c1-30-14-10-9-11-15-31(2)44(63-8)26-39-19-17-36(7)51(62,65-39)48(59)49(60)52-21-13-12-16-41(52)50(61)64-45(33(4)24-37-18-20-42(55)38(25-37)28-53)27-43(56)32(3)23-35(6)47(58)40(29-54)46(57)34(5)22-30/h9-11,14-15,23,30,32-34,36-42,44-45,47,53-55,58,62H,12-13,16-22,24-29H2,1-8H3/b11-9+,14-10+,31-15+,35-23+/t30-,32-,33-,34+,36-,37?,38+,39+,40+,41+,42-,44-,45?,47-,51-/m1/s1. The number of hydrogen-bond donors (Lipinski definition) is 5. The van der Waals surface area contributed by atoms with Gasteiger partial charge in [0.05, 0.1) is 36.9 Å². The number of hydrogen-bond acceptors (Lipinski definition) is 13. The number of fused-ring (bicyclic) bond motifs is 3. The van der Waals surface area contributed by atoms with Gasteiger partial charge in [-0.25, -0.2) is 4.79 Å². The maximum atomic E-state index is 14.3. The van der Waals surface area contributed by atoms with E-state index in [0.29, 0.717) is 69.8 Å². The molecular weight excluding hydrogens is 835 g/mol. The van der Waals surface area contributed by atoms with Gasteiger partial charge in [-0.3, -0.25) is 19.2 Å². The van der Waals surface area contributed by atoms with Crippen LogP contribution in [0.25, 0.3) is 0 Å². The topological polar surface area (TPSA) is 217 Å². The first-order chi connectivity index (χ1) is 30.7. The first-order valence-corrected chi connectivity index (χ1v) is 24.1. The van der Waals surface area contributed by atoms with Gasteiger partial charge >= 0.3 is 5.97 Å². The number of cyclic esters (lactones) is 1. The summed E-state index contributed by atoms with van der Waals surface area (Å²) in [6, 6.07) is -1.16. The number of aliphatic hydroxyl groups is 5. The Labute approximate surface area is 386 Å². The molecule has 0 aromatic carbocycles. The van der Waals surface area contributed by atoms with Crippen molar-refractivity contribution in [1.82, 2.24) is 4.90 Å². The van der Waals surface area contributed by atoms with Gasteiger partial charge in [0.25, 0.3) is 11.7 Å². The molecule has 65 heavy (non-hydrogen) atoms.